The number of anilines is 1. The molecule has 164 valence electrons. The Hall–Kier alpha value is -2.86. The smallest absolute Gasteiger partial charge is 0.273 e. The lowest BCUT2D eigenvalue weighted by Crippen LogP contribution is -2.22. The van der Waals surface area contributed by atoms with Crippen LogP contribution in [-0.2, 0) is 10.0 Å². The van der Waals surface area contributed by atoms with Gasteiger partial charge < -0.3 is 0 Å². The molecule has 3 aromatic heterocycles. The molecule has 11 heteroatoms. The lowest BCUT2D eigenvalue weighted by Gasteiger charge is -2.11. The maximum Gasteiger partial charge on any atom is 0.273 e. The number of nitrogens with zero attached hydrogens (tertiary/aromatic N) is 2. The summed E-state index contributed by atoms with van der Waals surface area (Å²) >= 11 is 4.22. The number of nitrogens with one attached hydrogen (secondary N) is 2. The number of thiazole rings is 1. The molecular weight excluding hydrogens is 485 g/mol. The predicted octanol–water partition coefficient (Wildman–Crippen LogP) is 5.20. The summed E-state index contributed by atoms with van der Waals surface area (Å²) in [7, 11) is -3.78. The third kappa shape index (κ3) is 4.80. The van der Waals surface area contributed by atoms with Crippen LogP contribution >= 0.6 is 34.0 Å². The molecule has 0 unspecified atom stereocenters. The van der Waals surface area contributed by atoms with Crippen molar-refractivity contribution in [2.24, 2.45) is 5.10 Å². The van der Waals surface area contributed by atoms with E-state index in [9.17, 15) is 13.2 Å². The van der Waals surface area contributed by atoms with Crippen molar-refractivity contribution in [2.75, 3.05) is 4.72 Å². The molecule has 0 saturated heterocycles. The minimum absolute atomic E-state index is 0.170. The Balaban J connectivity index is 1.53. The third-order valence-electron chi connectivity index (χ3n) is 4.36. The molecule has 0 aliphatic rings. The Morgan fingerprint density at radius 1 is 1.03 bits per heavy atom. The van der Waals surface area contributed by atoms with Gasteiger partial charge in [-0.3, -0.25) is 9.52 Å². The second kappa shape index (κ2) is 9.33. The number of benzene rings is 1. The van der Waals surface area contributed by atoms with Crippen molar-refractivity contribution in [2.45, 2.75) is 18.1 Å². The van der Waals surface area contributed by atoms with E-state index in [-0.39, 0.29) is 15.5 Å². The third-order valence-corrected chi connectivity index (χ3v) is 9.43. The van der Waals surface area contributed by atoms with Gasteiger partial charge in [-0.15, -0.1) is 34.0 Å². The number of hydrogen-bond donors (Lipinski definition) is 2. The van der Waals surface area contributed by atoms with Gasteiger partial charge in [0.15, 0.2) is 0 Å². The summed E-state index contributed by atoms with van der Waals surface area (Å²) in [5.41, 5.74) is 4.33. The van der Waals surface area contributed by atoms with E-state index in [1.54, 1.807) is 47.9 Å². The molecule has 0 aliphatic carbocycles. The minimum Gasteiger partial charge on any atom is -0.278 e. The highest BCUT2D eigenvalue weighted by Gasteiger charge is 2.19. The number of carbonyl (C=O) groups is 1. The Labute approximate surface area is 197 Å². The largest absolute Gasteiger partial charge is 0.278 e. The van der Waals surface area contributed by atoms with Gasteiger partial charge in [-0.05, 0) is 48.9 Å². The number of aryl methyl sites for hydroxylation is 1. The molecule has 32 heavy (non-hydrogen) atoms. The summed E-state index contributed by atoms with van der Waals surface area (Å²) < 4.78 is 27.8. The Morgan fingerprint density at radius 3 is 2.50 bits per heavy atom. The van der Waals surface area contributed by atoms with E-state index < -0.39 is 15.9 Å². The molecule has 0 radical (unpaired) electrons. The van der Waals surface area contributed by atoms with Crippen LogP contribution in [0.1, 0.15) is 27.9 Å². The van der Waals surface area contributed by atoms with E-state index in [2.05, 4.69) is 20.2 Å². The van der Waals surface area contributed by atoms with Gasteiger partial charge in [0, 0.05) is 0 Å². The van der Waals surface area contributed by atoms with Crippen molar-refractivity contribution in [3.63, 3.8) is 0 Å². The van der Waals surface area contributed by atoms with Gasteiger partial charge in [0.05, 0.1) is 32.4 Å². The zero-order valence-corrected chi connectivity index (χ0v) is 20.3. The SMILES string of the molecule is C/C(=N\NC(=O)c1ccccc1NS(=O)(=O)c1cccs1)c1sc(-c2cccs2)nc1C. The molecule has 7 nitrogen and oxygen atoms in total. The van der Waals surface area contributed by atoms with Crippen LogP contribution in [0.2, 0.25) is 0 Å². The molecule has 3 heterocycles. The molecule has 0 atom stereocenters. The highest BCUT2D eigenvalue weighted by molar-refractivity contribution is 7.94. The standard InChI is InChI=1S/C21H18N4O3S4/c1-13-19(31-21(22-13)17-9-5-11-29-17)14(2)23-24-20(26)15-7-3-4-8-16(15)25-32(27,28)18-10-6-12-30-18/h3-12,25H,1-2H3,(H,24,26)/b23-14+. The molecular formula is C21H18N4O3S4. The zero-order chi connectivity index (χ0) is 22.7. The highest BCUT2D eigenvalue weighted by atomic mass is 32.2. The summed E-state index contributed by atoms with van der Waals surface area (Å²) in [5.74, 6) is -0.519. The van der Waals surface area contributed by atoms with Gasteiger partial charge in [0.1, 0.15) is 9.22 Å². The summed E-state index contributed by atoms with van der Waals surface area (Å²) in [4.78, 5) is 19.3. The van der Waals surface area contributed by atoms with E-state index in [1.165, 1.54) is 23.5 Å². The number of para-hydroxylation sites is 1. The Bertz CT molecular complexity index is 1370. The van der Waals surface area contributed by atoms with E-state index in [0.717, 1.165) is 31.8 Å². The van der Waals surface area contributed by atoms with E-state index in [0.29, 0.717) is 5.71 Å². The fraction of sp³-hybridized carbons (Fsp3) is 0.0952. The first-order chi connectivity index (χ1) is 15.3. The number of amides is 1. The number of rotatable bonds is 7. The highest BCUT2D eigenvalue weighted by Crippen LogP contribution is 2.31. The average molecular weight is 503 g/mol. The van der Waals surface area contributed by atoms with Crippen molar-refractivity contribution >= 4 is 61.3 Å². The Morgan fingerprint density at radius 2 is 1.78 bits per heavy atom. The maximum atomic E-state index is 12.8. The molecule has 0 aliphatic heterocycles. The zero-order valence-electron chi connectivity index (χ0n) is 17.0. The first-order valence-electron chi connectivity index (χ1n) is 9.37. The molecule has 4 aromatic rings. The van der Waals surface area contributed by atoms with Gasteiger partial charge in [0.2, 0.25) is 0 Å². The normalized spacial score (nSPS) is 12.0. The molecule has 2 N–H and O–H groups in total. The van der Waals surface area contributed by atoms with Crippen molar-refractivity contribution in [3.05, 3.63) is 75.4 Å². The predicted molar refractivity (Wildman–Crippen MR) is 131 cm³/mol. The second-order valence-corrected chi connectivity index (χ2v) is 11.4. The van der Waals surface area contributed by atoms with E-state index >= 15 is 0 Å². The number of carbonyl (C=O) groups excluding carboxylic acids is 1. The first-order valence-corrected chi connectivity index (χ1v) is 13.4. The first kappa shape index (κ1) is 22.3. The number of hydrogen-bond acceptors (Lipinski definition) is 8. The molecule has 0 bridgehead atoms. The van der Waals surface area contributed by atoms with Crippen LogP contribution < -0.4 is 10.1 Å². The van der Waals surface area contributed by atoms with Crippen LogP contribution in [-0.4, -0.2) is 25.0 Å². The van der Waals surface area contributed by atoms with Crippen LogP contribution in [0.5, 0.6) is 0 Å². The summed E-state index contributed by atoms with van der Waals surface area (Å²) in [6.45, 7) is 3.70. The molecule has 0 spiro atoms. The van der Waals surface area contributed by atoms with Crippen LogP contribution in [0.3, 0.4) is 0 Å². The molecule has 4 rings (SSSR count). The molecule has 0 saturated carbocycles. The maximum absolute atomic E-state index is 12.8. The fourth-order valence-corrected chi connectivity index (χ4v) is 6.75. The number of aromatic nitrogens is 1. The number of thiophene rings is 2. The monoisotopic (exact) mass is 502 g/mol. The van der Waals surface area contributed by atoms with E-state index in [1.807, 2.05) is 24.4 Å². The molecule has 1 amide bonds. The van der Waals surface area contributed by atoms with Crippen LogP contribution in [0.15, 0.2) is 68.6 Å². The van der Waals surface area contributed by atoms with Gasteiger partial charge >= 0.3 is 0 Å². The molecule has 1 aromatic carbocycles. The van der Waals surface area contributed by atoms with E-state index in [4.69, 9.17) is 0 Å². The summed E-state index contributed by atoms with van der Waals surface area (Å²) in [6, 6.07) is 13.5. The summed E-state index contributed by atoms with van der Waals surface area (Å²) in [5, 5.41) is 8.81. The van der Waals surface area contributed by atoms with Crippen molar-refractivity contribution in [1.29, 1.82) is 0 Å². The van der Waals surface area contributed by atoms with Gasteiger partial charge in [-0.25, -0.2) is 18.8 Å². The second-order valence-electron chi connectivity index (χ2n) is 6.63. The van der Waals surface area contributed by atoms with Crippen LogP contribution in [0.4, 0.5) is 5.69 Å². The van der Waals surface area contributed by atoms with Crippen molar-refractivity contribution < 1.29 is 13.2 Å². The lowest BCUT2D eigenvalue weighted by molar-refractivity contribution is 0.0955. The average Bonchev–Trinajstić information content (AvgIpc) is 3.53. The van der Waals surface area contributed by atoms with Crippen molar-refractivity contribution in [1.82, 2.24) is 10.4 Å². The molecule has 0 fully saturated rings. The van der Waals surface area contributed by atoms with Gasteiger partial charge in [-0.2, -0.15) is 5.10 Å². The minimum atomic E-state index is -3.78. The van der Waals surface area contributed by atoms with Crippen LogP contribution in [0, 0.1) is 6.92 Å². The number of sulfonamides is 1. The Kier molecular flexibility index (Phi) is 6.51. The van der Waals surface area contributed by atoms with Crippen LogP contribution in [0.25, 0.3) is 9.88 Å². The van der Waals surface area contributed by atoms with Crippen molar-refractivity contribution in [3.8, 4) is 9.88 Å². The quantitative estimate of drug-likeness (QED) is 0.268. The summed E-state index contributed by atoms with van der Waals surface area (Å²) in [6.07, 6.45) is 0. The topological polar surface area (TPSA) is 101 Å². The number of hydrazone groups is 1. The fourth-order valence-electron chi connectivity index (χ4n) is 2.86. The lowest BCUT2D eigenvalue weighted by atomic mass is 10.2. The van der Waals surface area contributed by atoms with Gasteiger partial charge in [-0.1, -0.05) is 24.3 Å². The van der Waals surface area contributed by atoms with Gasteiger partial charge in [0.25, 0.3) is 15.9 Å².